The van der Waals surface area contributed by atoms with Crippen molar-refractivity contribution in [3.05, 3.63) is 51.2 Å². The van der Waals surface area contributed by atoms with Gasteiger partial charge in [0.15, 0.2) is 0 Å². The molecule has 0 saturated heterocycles. The summed E-state index contributed by atoms with van der Waals surface area (Å²) in [6.45, 7) is 4.70. The van der Waals surface area contributed by atoms with E-state index in [1.165, 1.54) is 10.4 Å². The molecule has 5 heteroatoms. The van der Waals surface area contributed by atoms with E-state index in [0.717, 1.165) is 4.88 Å². The molecular formula is C14H17N3OS. The molecule has 4 nitrogen and oxygen atoms in total. The lowest BCUT2D eigenvalue weighted by Crippen LogP contribution is -2.24. The van der Waals surface area contributed by atoms with Gasteiger partial charge in [-0.15, -0.1) is 11.3 Å². The maximum atomic E-state index is 12.1. The quantitative estimate of drug-likeness (QED) is 0.593. The number of aryl methyl sites for hydroxylation is 2. The number of hydrogen-bond donors (Lipinski definition) is 3. The zero-order valence-electron chi connectivity index (χ0n) is 11.0. The number of thiophene rings is 1. The number of carbonyl (C=O) groups excluding carboxylic acids is 1. The van der Waals surface area contributed by atoms with Gasteiger partial charge in [0.05, 0.1) is 17.8 Å². The molecule has 0 fully saturated rings. The fourth-order valence-electron chi connectivity index (χ4n) is 1.81. The molecule has 1 amide bonds. The summed E-state index contributed by atoms with van der Waals surface area (Å²) in [4.78, 5) is 14.5. The van der Waals surface area contributed by atoms with Crippen LogP contribution in [0.15, 0.2) is 30.3 Å². The van der Waals surface area contributed by atoms with Crippen molar-refractivity contribution >= 4 is 22.9 Å². The molecule has 1 aromatic heterocycles. The summed E-state index contributed by atoms with van der Waals surface area (Å²) < 4.78 is 0. The first-order valence-corrected chi connectivity index (χ1v) is 6.83. The Kier molecular flexibility index (Phi) is 4.19. The molecule has 19 heavy (non-hydrogen) atoms. The summed E-state index contributed by atoms with van der Waals surface area (Å²) in [5.74, 6) is 5.26. The Balaban J connectivity index is 2.05. The number of amides is 1. The maximum Gasteiger partial charge on any atom is 0.253 e. The topological polar surface area (TPSA) is 67.2 Å². The van der Waals surface area contributed by atoms with Gasteiger partial charge in [-0.05, 0) is 37.6 Å². The molecule has 0 aliphatic rings. The van der Waals surface area contributed by atoms with Crippen molar-refractivity contribution in [3.8, 4) is 0 Å². The zero-order chi connectivity index (χ0) is 13.8. The number of rotatable bonds is 4. The molecule has 0 spiro atoms. The average Bonchev–Trinajstić information content (AvgIpc) is 2.75. The number of nitrogens with one attached hydrogen (secondary N) is 2. The van der Waals surface area contributed by atoms with Crippen LogP contribution in [0.3, 0.4) is 0 Å². The number of benzene rings is 1. The summed E-state index contributed by atoms with van der Waals surface area (Å²) in [5, 5.41) is 2.91. The molecule has 100 valence electrons. The molecule has 1 heterocycles. The monoisotopic (exact) mass is 275 g/mol. The maximum absolute atomic E-state index is 12.1. The Morgan fingerprint density at radius 2 is 2.05 bits per heavy atom. The molecule has 2 rings (SSSR count). The second-order valence-corrected chi connectivity index (χ2v) is 5.67. The van der Waals surface area contributed by atoms with Crippen molar-refractivity contribution in [3.63, 3.8) is 0 Å². The number of hydrogen-bond acceptors (Lipinski definition) is 4. The van der Waals surface area contributed by atoms with Crippen LogP contribution in [-0.2, 0) is 6.54 Å². The van der Waals surface area contributed by atoms with E-state index in [9.17, 15) is 4.79 Å². The number of anilines is 1. The van der Waals surface area contributed by atoms with Gasteiger partial charge in [-0.25, -0.2) is 0 Å². The van der Waals surface area contributed by atoms with E-state index in [1.807, 2.05) is 12.1 Å². The lowest BCUT2D eigenvalue weighted by atomic mass is 10.1. The fraction of sp³-hybridized carbons (Fsp3) is 0.214. The number of nitrogens with two attached hydrogens (primary N) is 1. The van der Waals surface area contributed by atoms with Crippen molar-refractivity contribution in [2.45, 2.75) is 20.4 Å². The first-order chi connectivity index (χ1) is 9.11. The van der Waals surface area contributed by atoms with Gasteiger partial charge in [0.25, 0.3) is 5.91 Å². The second kappa shape index (κ2) is 5.86. The molecular weight excluding hydrogens is 258 g/mol. The molecule has 1 aromatic carbocycles. The molecule has 0 radical (unpaired) electrons. The van der Waals surface area contributed by atoms with Crippen molar-refractivity contribution in [1.29, 1.82) is 0 Å². The summed E-state index contributed by atoms with van der Waals surface area (Å²) in [5.41, 5.74) is 4.97. The van der Waals surface area contributed by atoms with Crippen LogP contribution in [0, 0.1) is 13.8 Å². The van der Waals surface area contributed by atoms with Gasteiger partial charge >= 0.3 is 0 Å². The molecule has 0 saturated carbocycles. The van der Waals surface area contributed by atoms with Crippen LogP contribution in [-0.4, -0.2) is 5.91 Å². The van der Waals surface area contributed by atoms with E-state index < -0.39 is 0 Å². The molecule has 4 N–H and O–H groups in total. The molecule has 0 aliphatic carbocycles. The van der Waals surface area contributed by atoms with Gasteiger partial charge in [-0.1, -0.05) is 12.1 Å². The Morgan fingerprint density at radius 3 is 2.68 bits per heavy atom. The highest BCUT2D eigenvalue weighted by atomic mass is 32.1. The highest BCUT2D eigenvalue weighted by Gasteiger charge is 2.10. The van der Waals surface area contributed by atoms with E-state index in [1.54, 1.807) is 23.5 Å². The van der Waals surface area contributed by atoms with E-state index in [0.29, 0.717) is 17.8 Å². The third-order valence-corrected chi connectivity index (χ3v) is 4.12. The number of carbonyl (C=O) groups is 1. The minimum absolute atomic E-state index is 0.128. The molecule has 2 aromatic rings. The number of hydrazine groups is 1. The lowest BCUT2D eigenvalue weighted by Gasteiger charge is -2.08. The Hall–Kier alpha value is -1.85. The Labute approximate surface area is 116 Å². The van der Waals surface area contributed by atoms with Crippen molar-refractivity contribution in [2.75, 3.05) is 5.43 Å². The normalized spacial score (nSPS) is 10.3. The van der Waals surface area contributed by atoms with Crippen LogP contribution in [0.5, 0.6) is 0 Å². The number of para-hydroxylation sites is 1. The van der Waals surface area contributed by atoms with Crippen LogP contribution < -0.4 is 16.6 Å². The van der Waals surface area contributed by atoms with Gasteiger partial charge in [0.2, 0.25) is 0 Å². The zero-order valence-corrected chi connectivity index (χ0v) is 11.8. The molecule has 0 unspecified atom stereocenters. The standard InChI is InChI=1S/C14H17N3OS/c1-9-7-11(19-10(9)2)8-16-14(18)12-5-3-4-6-13(12)17-15/h3-7,17H,8,15H2,1-2H3,(H,16,18). The fourth-order valence-corrected chi connectivity index (χ4v) is 2.80. The molecule has 0 bridgehead atoms. The second-order valence-electron chi connectivity index (χ2n) is 4.32. The third kappa shape index (κ3) is 3.13. The van der Waals surface area contributed by atoms with Gasteiger partial charge in [0, 0.05) is 9.75 Å². The van der Waals surface area contributed by atoms with Crippen molar-refractivity contribution in [2.24, 2.45) is 5.84 Å². The third-order valence-electron chi connectivity index (χ3n) is 2.97. The summed E-state index contributed by atoms with van der Waals surface area (Å²) in [7, 11) is 0. The van der Waals surface area contributed by atoms with E-state index in [-0.39, 0.29) is 5.91 Å². The highest BCUT2D eigenvalue weighted by Crippen LogP contribution is 2.20. The van der Waals surface area contributed by atoms with E-state index in [2.05, 4.69) is 30.7 Å². The first-order valence-electron chi connectivity index (χ1n) is 6.01. The van der Waals surface area contributed by atoms with Crippen molar-refractivity contribution in [1.82, 2.24) is 5.32 Å². The first kappa shape index (κ1) is 13.6. The lowest BCUT2D eigenvalue weighted by molar-refractivity contribution is 0.0952. The Bertz CT molecular complexity index is 573. The van der Waals surface area contributed by atoms with E-state index in [4.69, 9.17) is 5.84 Å². The van der Waals surface area contributed by atoms with Gasteiger partial charge in [-0.2, -0.15) is 0 Å². The predicted molar refractivity (Wildman–Crippen MR) is 79.2 cm³/mol. The minimum Gasteiger partial charge on any atom is -0.347 e. The van der Waals surface area contributed by atoms with Gasteiger partial charge < -0.3 is 10.7 Å². The highest BCUT2D eigenvalue weighted by molar-refractivity contribution is 7.12. The molecule has 0 atom stereocenters. The van der Waals surface area contributed by atoms with Crippen LogP contribution in [0.25, 0.3) is 0 Å². The molecule has 0 aliphatic heterocycles. The van der Waals surface area contributed by atoms with Gasteiger partial charge in [-0.3, -0.25) is 10.6 Å². The smallest absolute Gasteiger partial charge is 0.253 e. The number of nitrogen functional groups attached to an aromatic ring is 1. The van der Waals surface area contributed by atoms with Crippen LogP contribution in [0.4, 0.5) is 5.69 Å². The van der Waals surface area contributed by atoms with Crippen LogP contribution in [0.2, 0.25) is 0 Å². The Morgan fingerprint density at radius 1 is 1.32 bits per heavy atom. The average molecular weight is 275 g/mol. The summed E-state index contributed by atoms with van der Waals surface area (Å²) in [6.07, 6.45) is 0. The SMILES string of the molecule is Cc1cc(CNC(=O)c2ccccc2NN)sc1C. The largest absolute Gasteiger partial charge is 0.347 e. The van der Waals surface area contributed by atoms with Crippen molar-refractivity contribution < 1.29 is 4.79 Å². The summed E-state index contributed by atoms with van der Waals surface area (Å²) >= 11 is 1.71. The van der Waals surface area contributed by atoms with Crippen LogP contribution in [0.1, 0.15) is 25.7 Å². The minimum atomic E-state index is -0.128. The predicted octanol–water partition coefficient (Wildman–Crippen LogP) is 2.58. The summed E-state index contributed by atoms with van der Waals surface area (Å²) in [6, 6.07) is 9.27. The van der Waals surface area contributed by atoms with Gasteiger partial charge in [0.1, 0.15) is 0 Å². The van der Waals surface area contributed by atoms with Crippen LogP contribution >= 0.6 is 11.3 Å². The van der Waals surface area contributed by atoms with E-state index >= 15 is 0 Å².